The summed E-state index contributed by atoms with van der Waals surface area (Å²) in [5.41, 5.74) is 0. The summed E-state index contributed by atoms with van der Waals surface area (Å²) in [7, 11) is -1.71. The third kappa shape index (κ3) is 1.94. The summed E-state index contributed by atoms with van der Waals surface area (Å²) in [6.07, 6.45) is 5.86. The van der Waals surface area contributed by atoms with Gasteiger partial charge in [-0.3, -0.25) is 5.10 Å². The zero-order chi connectivity index (χ0) is 13.5. The van der Waals surface area contributed by atoms with Crippen LogP contribution in [0, 0.1) is 0 Å². The standard InChI is InChI=1S/C10H14N6O2S/c1-15-7-13-14-10(15)9-3-2-4-16(9)19(17,18)8-5-11-12-6-8/h5-7,9H,2-4H2,1H3,(H,11,12)/t9-/m1/s1. The largest absolute Gasteiger partial charge is 0.319 e. The van der Waals surface area contributed by atoms with E-state index in [9.17, 15) is 8.42 Å². The molecule has 8 nitrogen and oxygen atoms in total. The number of hydrogen-bond donors (Lipinski definition) is 1. The topological polar surface area (TPSA) is 96.8 Å². The van der Waals surface area contributed by atoms with Gasteiger partial charge in [0.25, 0.3) is 0 Å². The summed E-state index contributed by atoms with van der Waals surface area (Å²) in [5, 5.41) is 14.1. The molecule has 9 heteroatoms. The molecule has 1 N–H and O–H groups in total. The van der Waals surface area contributed by atoms with Crippen LogP contribution in [-0.2, 0) is 17.1 Å². The quantitative estimate of drug-likeness (QED) is 0.859. The number of aromatic amines is 1. The number of aryl methyl sites for hydroxylation is 1. The Morgan fingerprint density at radius 1 is 1.47 bits per heavy atom. The van der Waals surface area contributed by atoms with Gasteiger partial charge in [0, 0.05) is 19.8 Å². The lowest BCUT2D eigenvalue weighted by Crippen LogP contribution is -2.31. The van der Waals surface area contributed by atoms with Crippen molar-refractivity contribution in [3.63, 3.8) is 0 Å². The summed E-state index contributed by atoms with van der Waals surface area (Å²) in [5.74, 6) is 0.671. The first-order valence-corrected chi connectivity index (χ1v) is 7.39. The molecule has 0 amide bonds. The highest BCUT2D eigenvalue weighted by atomic mass is 32.2. The van der Waals surface area contributed by atoms with Crippen molar-refractivity contribution in [3.05, 3.63) is 24.5 Å². The molecule has 2 aromatic rings. The van der Waals surface area contributed by atoms with Gasteiger partial charge >= 0.3 is 0 Å². The van der Waals surface area contributed by atoms with Crippen molar-refractivity contribution in [3.8, 4) is 0 Å². The molecule has 0 spiro atoms. The number of nitrogens with one attached hydrogen (secondary N) is 1. The van der Waals surface area contributed by atoms with E-state index < -0.39 is 10.0 Å². The predicted octanol–water partition coefficient (Wildman–Crippen LogP) is 0.0640. The van der Waals surface area contributed by atoms with Crippen LogP contribution in [0.3, 0.4) is 0 Å². The van der Waals surface area contributed by atoms with Gasteiger partial charge in [0.1, 0.15) is 11.2 Å². The Kier molecular flexibility index (Phi) is 2.86. The van der Waals surface area contributed by atoms with Crippen molar-refractivity contribution in [1.29, 1.82) is 0 Å². The summed E-state index contributed by atoms with van der Waals surface area (Å²) in [6, 6.07) is -0.257. The molecule has 2 aromatic heterocycles. The van der Waals surface area contributed by atoms with E-state index in [1.54, 1.807) is 10.9 Å². The van der Waals surface area contributed by atoms with Gasteiger partial charge in [-0.15, -0.1) is 10.2 Å². The highest BCUT2D eigenvalue weighted by Gasteiger charge is 2.38. The van der Waals surface area contributed by atoms with Crippen LogP contribution in [0.15, 0.2) is 23.6 Å². The lowest BCUT2D eigenvalue weighted by atomic mass is 10.2. The molecule has 1 atom stereocenters. The maximum Gasteiger partial charge on any atom is 0.246 e. The maximum atomic E-state index is 12.5. The first-order chi connectivity index (χ1) is 9.10. The fourth-order valence-corrected chi connectivity index (χ4v) is 3.96. The molecule has 0 unspecified atom stereocenters. The van der Waals surface area contributed by atoms with Gasteiger partial charge in [-0.25, -0.2) is 8.42 Å². The van der Waals surface area contributed by atoms with Gasteiger partial charge in [-0.05, 0) is 12.8 Å². The molecule has 0 aliphatic carbocycles. The van der Waals surface area contributed by atoms with E-state index in [4.69, 9.17) is 0 Å². The summed E-state index contributed by atoms with van der Waals surface area (Å²) >= 11 is 0. The van der Waals surface area contributed by atoms with E-state index in [0.717, 1.165) is 12.8 Å². The van der Waals surface area contributed by atoms with Gasteiger partial charge < -0.3 is 4.57 Å². The third-order valence-corrected chi connectivity index (χ3v) is 5.20. The molecule has 0 bridgehead atoms. The Hall–Kier alpha value is -1.74. The minimum Gasteiger partial charge on any atom is -0.319 e. The number of sulfonamides is 1. The number of rotatable bonds is 3. The van der Waals surface area contributed by atoms with Crippen LogP contribution in [0.25, 0.3) is 0 Å². The van der Waals surface area contributed by atoms with E-state index in [1.165, 1.54) is 16.7 Å². The molecule has 0 saturated carbocycles. The van der Waals surface area contributed by atoms with Crippen LogP contribution in [-0.4, -0.2) is 44.2 Å². The molecule has 0 radical (unpaired) electrons. The second-order valence-corrected chi connectivity index (χ2v) is 6.40. The van der Waals surface area contributed by atoms with Crippen LogP contribution in [0.2, 0.25) is 0 Å². The van der Waals surface area contributed by atoms with Gasteiger partial charge in [0.2, 0.25) is 10.0 Å². The lowest BCUT2D eigenvalue weighted by molar-refractivity contribution is 0.376. The zero-order valence-corrected chi connectivity index (χ0v) is 11.2. The van der Waals surface area contributed by atoms with Crippen molar-refractivity contribution in [2.45, 2.75) is 23.8 Å². The fourth-order valence-electron chi connectivity index (χ4n) is 2.40. The highest BCUT2D eigenvalue weighted by Crippen LogP contribution is 2.34. The van der Waals surface area contributed by atoms with Crippen LogP contribution in [0.1, 0.15) is 24.7 Å². The number of hydrogen-bond acceptors (Lipinski definition) is 5. The van der Waals surface area contributed by atoms with Crippen LogP contribution >= 0.6 is 0 Å². The Bertz CT molecular complexity index is 662. The second kappa shape index (κ2) is 4.42. The highest BCUT2D eigenvalue weighted by molar-refractivity contribution is 7.89. The zero-order valence-electron chi connectivity index (χ0n) is 10.4. The van der Waals surface area contributed by atoms with Gasteiger partial charge in [0.15, 0.2) is 5.82 Å². The molecule has 0 aromatic carbocycles. The van der Waals surface area contributed by atoms with Crippen molar-refractivity contribution in [1.82, 2.24) is 29.3 Å². The monoisotopic (exact) mass is 282 g/mol. The molecule has 3 heterocycles. The molecule has 102 valence electrons. The molecule has 1 aliphatic rings. The van der Waals surface area contributed by atoms with E-state index in [2.05, 4.69) is 20.4 Å². The first-order valence-electron chi connectivity index (χ1n) is 5.95. The smallest absolute Gasteiger partial charge is 0.246 e. The molecular formula is C10H14N6O2S. The van der Waals surface area contributed by atoms with E-state index in [-0.39, 0.29) is 10.9 Å². The molecule has 1 aliphatic heterocycles. The second-order valence-electron chi connectivity index (χ2n) is 4.51. The Labute approximate surface area is 110 Å². The van der Waals surface area contributed by atoms with E-state index >= 15 is 0 Å². The minimum atomic E-state index is -3.53. The molecule has 1 fully saturated rings. The Morgan fingerprint density at radius 2 is 2.32 bits per heavy atom. The molecule has 3 rings (SSSR count). The maximum absolute atomic E-state index is 12.5. The van der Waals surface area contributed by atoms with Crippen LogP contribution in [0.4, 0.5) is 0 Å². The van der Waals surface area contributed by atoms with Gasteiger partial charge in [-0.1, -0.05) is 0 Å². The lowest BCUT2D eigenvalue weighted by Gasteiger charge is -2.22. The average molecular weight is 282 g/mol. The third-order valence-electron chi connectivity index (χ3n) is 3.33. The molecule has 19 heavy (non-hydrogen) atoms. The van der Waals surface area contributed by atoms with Crippen molar-refractivity contribution in [2.24, 2.45) is 7.05 Å². The number of nitrogens with zero attached hydrogens (tertiary/aromatic N) is 5. The van der Waals surface area contributed by atoms with Crippen molar-refractivity contribution in [2.75, 3.05) is 6.54 Å². The molecule has 1 saturated heterocycles. The van der Waals surface area contributed by atoms with E-state index in [1.807, 2.05) is 7.05 Å². The van der Waals surface area contributed by atoms with Gasteiger partial charge in [-0.2, -0.15) is 9.40 Å². The van der Waals surface area contributed by atoms with Crippen molar-refractivity contribution < 1.29 is 8.42 Å². The first kappa shape index (κ1) is 12.3. The SMILES string of the molecule is Cn1cnnc1[C@H]1CCCN1S(=O)(=O)c1cn[nH]c1. The summed E-state index contributed by atoms with van der Waals surface area (Å²) in [4.78, 5) is 0.182. The van der Waals surface area contributed by atoms with Gasteiger partial charge in [0.05, 0.1) is 12.2 Å². The fraction of sp³-hybridized carbons (Fsp3) is 0.500. The number of H-pyrrole nitrogens is 1. The normalized spacial score (nSPS) is 21.0. The van der Waals surface area contributed by atoms with Crippen molar-refractivity contribution >= 4 is 10.0 Å². The van der Waals surface area contributed by atoms with E-state index in [0.29, 0.717) is 12.4 Å². The van der Waals surface area contributed by atoms with Crippen LogP contribution < -0.4 is 0 Å². The Balaban J connectivity index is 1.99. The summed E-state index contributed by atoms with van der Waals surface area (Å²) < 4.78 is 28.3. The predicted molar refractivity (Wildman–Crippen MR) is 65.5 cm³/mol. The summed E-state index contributed by atoms with van der Waals surface area (Å²) in [6.45, 7) is 0.491. The Morgan fingerprint density at radius 3 is 2.95 bits per heavy atom. The van der Waals surface area contributed by atoms with Crippen LogP contribution in [0.5, 0.6) is 0 Å². The minimum absolute atomic E-state index is 0.182. The average Bonchev–Trinajstić information content (AvgIpc) is 3.10. The molecular weight excluding hydrogens is 268 g/mol. The number of aromatic nitrogens is 5.